The summed E-state index contributed by atoms with van der Waals surface area (Å²) in [6.07, 6.45) is 11.9. The predicted octanol–water partition coefficient (Wildman–Crippen LogP) is 1.83. The van der Waals surface area contributed by atoms with E-state index in [2.05, 4.69) is 5.32 Å². The quantitative estimate of drug-likeness (QED) is 0.141. The number of amides is 1. The van der Waals surface area contributed by atoms with Gasteiger partial charge in [-0.15, -0.1) is 0 Å². The Kier molecular flexibility index (Phi) is 25.8. The maximum Gasteiger partial charge on any atom is 0.308 e. The third kappa shape index (κ3) is 21.0. The number of carbonyl (C=O) groups excluding carboxylic acids is 2. The maximum absolute atomic E-state index is 14.1. The lowest BCUT2D eigenvalue weighted by atomic mass is 9.82. The molecule has 7 unspecified atom stereocenters. The van der Waals surface area contributed by atoms with Crippen LogP contribution in [0.15, 0.2) is 85.1 Å². The van der Waals surface area contributed by atoms with Gasteiger partial charge in [-0.2, -0.15) is 0 Å². The number of cyclic esters (lactones) is 1. The van der Waals surface area contributed by atoms with E-state index in [1.165, 1.54) is 0 Å². The second kappa shape index (κ2) is 30.6. The summed E-state index contributed by atoms with van der Waals surface area (Å²) in [6.45, 7) is 3.24. The van der Waals surface area contributed by atoms with Crippen molar-refractivity contribution in [1.82, 2.24) is 5.32 Å². The second-order valence-corrected chi connectivity index (χ2v) is 19.6. The number of allylic oxidation sites excluding steroid dienone is 12. The molecule has 0 radical (unpaired) electrons. The fourth-order valence-corrected chi connectivity index (χ4v) is 9.23. The first kappa shape index (κ1) is 59.1. The molecule has 1 aliphatic carbocycles. The summed E-state index contributed by atoms with van der Waals surface area (Å²) >= 11 is 0. The Balaban J connectivity index is 1.58. The van der Waals surface area contributed by atoms with Crippen molar-refractivity contribution >= 4 is 11.9 Å². The molecule has 0 aromatic heterocycles. The first-order chi connectivity index (χ1) is 33.3. The highest BCUT2D eigenvalue weighted by Crippen LogP contribution is 2.38. The van der Waals surface area contributed by atoms with E-state index < -0.39 is 135 Å². The SMILES string of the molecule is C[C@H]1C[C@H](O)[C@@H](C)/C=C/C=C/C=C/C=C/C=C/C=C/C=C/C(O[C@@H]2OC[C@@H](O)[C@H](N)[C@@H]2O)C[C@@H]2OC(O)(CC(O)CC(O)C(O)CCC(O)CC(O)CC(=O)O1)C[C@H](O)[C@H]2C(=O)NC1CCCCCC1. The van der Waals surface area contributed by atoms with Crippen LogP contribution in [0.4, 0.5) is 0 Å². The molecule has 3 heterocycles. The molecule has 3 aliphatic heterocycles. The average Bonchev–Trinajstić information content (AvgIpc) is 3.55. The molecule has 0 aromatic carbocycles. The number of fused-ring (bicyclic) bond motifs is 2. The lowest BCUT2D eigenvalue weighted by Crippen LogP contribution is -2.60. The van der Waals surface area contributed by atoms with Gasteiger partial charge in [-0.1, -0.05) is 118 Å². The van der Waals surface area contributed by atoms with Crippen LogP contribution in [0, 0.1) is 11.8 Å². The zero-order chi connectivity index (χ0) is 51.2. The molecule has 4 rings (SSSR count). The Morgan fingerprint density at radius 1 is 0.657 bits per heavy atom. The van der Waals surface area contributed by atoms with E-state index >= 15 is 0 Å². The Labute approximate surface area is 412 Å². The van der Waals surface area contributed by atoms with Gasteiger partial charge in [0.05, 0.1) is 86.0 Å². The summed E-state index contributed by atoms with van der Waals surface area (Å²) in [5, 5.41) is 113. The van der Waals surface area contributed by atoms with Gasteiger partial charge in [0.2, 0.25) is 5.91 Å². The van der Waals surface area contributed by atoms with Gasteiger partial charge in [-0.25, -0.2) is 0 Å². The van der Waals surface area contributed by atoms with Gasteiger partial charge in [0.25, 0.3) is 0 Å². The van der Waals surface area contributed by atoms with Gasteiger partial charge >= 0.3 is 5.97 Å². The summed E-state index contributed by atoms with van der Waals surface area (Å²) in [5.41, 5.74) is 6.05. The van der Waals surface area contributed by atoms with Crippen molar-refractivity contribution in [2.45, 2.75) is 208 Å². The molecule has 2 bridgehead atoms. The summed E-state index contributed by atoms with van der Waals surface area (Å²) in [4.78, 5) is 26.7. The Morgan fingerprint density at radius 3 is 1.89 bits per heavy atom. The van der Waals surface area contributed by atoms with Crippen LogP contribution in [0.5, 0.6) is 0 Å². The van der Waals surface area contributed by atoms with Crippen LogP contribution in [0.25, 0.3) is 0 Å². The monoisotopic (exact) mass is 991 g/mol. The van der Waals surface area contributed by atoms with E-state index in [1.807, 2.05) is 49.5 Å². The molecule has 4 aliphatic rings. The standard InChI is InChI=1S/C52H82N2O16/c1-33-19-15-11-9-7-5-3-4-6-8-10-12-18-22-39(69-51-49(64)48(53)44(62)32-67-51)29-45-47(50(65)54-35-20-16-13-14-17-21-35)43(61)31-52(66,70-45)30-38(57)27-42(60)40(58)24-23-36(55)26-37(56)28-46(63)68-34(2)25-41(33)59/h3-12,15,18-19,22,33-45,47-49,51,55-62,64,66H,13-14,16-17,20-21,23-32,53H2,1-2H3,(H,54,65)/b4-3+,7-5+,8-6+,11-9+,12-10+,19-15+,22-18+/t33-,34-,36?,37?,38?,39?,40?,41-,42?,43-,44+,45-,47+,48-,49-,51-,52?/m0/s1. The van der Waals surface area contributed by atoms with Crippen molar-refractivity contribution in [2.24, 2.45) is 17.6 Å². The van der Waals surface area contributed by atoms with E-state index in [4.69, 9.17) is 24.7 Å². The van der Waals surface area contributed by atoms with Crippen LogP contribution in [0.3, 0.4) is 0 Å². The first-order valence-electron chi connectivity index (χ1n) is 25.1. The van der Waals surface area contributed by atoms with E-state index in [0.717, 1.165) is 38.5 Å². The van der Waals surface area contributed by atoms with Crippen LogP contribution in [-0.4, -0.2) is 167 Å². The molecule has 1 saturated carbocycles. The molecular weight excluding hydrogens is 909 g/mol. The molecule has 17 atom stereocenters. The summed E-state index contributed by atoms with van der Waals surface area (Å²) < 4.78 is 23.5. The topological polar surface area (TPSA) is 311 Å². The Hall–Kier alpha value is -3.44. The van der Waals surface area contributed by atoms with Gasteiger partial charge in [0.15, 0.2) is 12.1 Å². The molecule has 0 spiro atoms. The van der Waals surface area contributed by atoms with E-state index in [0.29, 0.717) is 0 Å². The minimum Gasteiger partial charge on any atom is -0.462 e. The summed E-state index contributed by atoms with van der Waals surface area (Å²) in [5.74, 6) is -4.92. The van der Waals surface area contributed by atoms with Gasteiger partial charge in [0.1, 0.15) is 12.2 Å². The van der Waals surface area contributed by atoms with E-state index in [9.17, 15) is 60.7 Å². The van der Waals surface area contributed by atoms with E-state index in [-0.39, 0.29) is 50.7 Å². The van der Waals surface area contributed by atoms with E-state index in [1.54, 1.807) is 49.5 Å². The number of aliphatic hydroxyl groups excluding tert-OH is 9. The number of ether oxygens (including phenoxy) is 4. The molecule has 70 heavy (non-hydrogen) atoms. The minimum absolute atomic E-state index is 0.0815. The lowest BCUT2D eigenvalue weighted by Gasteiger charge is -2.46. The lowest BCUT2D eigenvalue weighted by molar-refractivity contribution is -0.304. The highest BCUT2D eigenvalue weighted by Gasteiger charge is 2.51. The predicted molar refractivity (Wildman–Crippen MR) is 260 cm³/mol. The number of aliphatic hydroxyl groups is 10. The average molecular weight is 991 g/mol. The van der Waals surface area contributed by atoms with Gasteiger partial charge in [0, 0.05) is 44.1 Å². The largest absolute Gasteiger partial charge is 0.462 e. The smallest absolute Gasteiger partial charge is 0.308 e. The van der Waals surface area contributed by atoms with Gasteiger partial charge in [-0.3, -0.25) is 9.59 Å². The molecule has 396 valence electrons. The van der Waals surface area contributed by atoms with Crippen LogP contribution in [0.1, 0.15) is 110 Å². The van der Waals surface area contributed by atoms with Crippen LogP contribution in [-0.2, 0) is 28.5 Å². The first-order valence-corrected chi connectivity index (χ1v) is 25.1. The molecule has 13 N–H and O–H groups in total. The molecule has 1 amide bonds. The second-order valence-electron chi connectivity index (χ2n) is 19.6. The van der Waals surface area contributed by atoms with Crippen molar-refractivity contribution in [3.63, 3.8) is 0 Å². The molecular formula is C52H82N2O16. The number of rotatable bonds is 4. The zero-order valence-corrected chi connectivity index (χ0v) is 40.7. The van der Waals surface area contributed by atoms with Crippen molar-refractivity contribution in [1.29, 1.82) is 0 Å². The fourth-order valence-electron chi connectivity index (χ4n) is 9.23. The van der Waals surface area contributed by atoms with Crippen LogP contribution < -0.4 is 11.1 Å². The maximum atomic E-state index is 14.1. The van der Waals surface area contributed by atoms with Gasteiger partial charge < -0.3 is 81.1 Å². The Morgan fingerprint density at radius 2 is 1.26 bits per heavy atom. The number of hydrogen-bond donors (Lipinski definition) is 12. The third-order valence-electron chi connectivity index (χ3n) is 13.3. The summed E-state index contributed by atoms with van der Waals surface area (Å²) in [6, 6.07) is -1.23. The van der Waals surface area contributed by atoms with Crippen molar-refractivity contribution in [3.05, 3.63) is 85.1 Å². The van der Waals surface area contributed by atoms with Crippen LogP contribution >= 0.6 is 0 Å². The number of nitrogens with one attached hydrogen (secondary N) is 1. The fraction of sp³-hybridized carbons (Fsp3) is 0.692. The van der Waals surface area contributed by atoms with Crippen molar-refractivity contribution < 1.29 is 79.6 Å². The highest BCUT2D eigenvalue weighted by atomic mass is 16.7. The highest BCUT2D eigenvalue weighted by molar-refractivity contribution is 5.80. The number of carbonyl (C=O) groups is 2. The molecule has 18 heteroatoms. The molecule has 2 saturated heterocycles. The van der Waals surface area contributed by atoms with Crippen molar-refractivity contribution in [2.75, 3.05) is 6.61 Å². The van der Waals surface area contributed by atoms with Crippen molar-refractivity contribution in [3.8, 4) is 0 Å². The third-order valence-corrected chi connectivity index (χ3v) is 13.3. The Bertz CT molecular complexity index is 1760. The molecule has 0 aromatic rings. The zero-order valence-electron chi connectivity index (χ0n) is 40.7. The molecule has 18 nitrogen and oxygen atoms in total. The summed E-state index contributed by atoms with van der Waals surface area (Å²) in [7, 11) is 0. The normalized spacial score (nSPS) is 42.7. The molecule has 3 fully saturated rings. The van der Waals surface area contributed by atoms with Gasteiger partial charge in [-0.05, 0) is 39.0 Å². The number of hydrogen-bond acceptors (Lipinski definition) is 17. The minimum atomic E-state index is -2.24. The van der Waals surface area contributed by atoms with Crippen LogP contribution in [0.2, 0.25) is 0 Å². The number of esters is 1. The number of nitrogens with two attached hydrogens (primary N) is 1.